The van der Waals surface area contributed by atoms with Crippen molar-refractivity contribution in [3.63, 3.8) is 0 Å². The molecule has 0 aliphatic heterocycles. The van der Waals surface area contributed by atoms with Gasteiger partial charge in [0.25, 0.3) is 0 Å². The summed E-state index contributed by atoms with van der Waals surface area (Å²) < 4.78 is 0. The lowest BCUT2D eigenvalue weighted by molar-refractivity contribution is 0.0988. The van der Waals surface area contributed by atoms with Crippen molar-refractivity contribution in [1.29, 1.82) is 0 Å². The Labute approximate surface area is 78.8 Å². The SMILES string of the molecule is CCC(=O)c1ccc(N)c(CC)c1. The first-order valence-corrected chi connectivity index (χ1v) is 4.60. The number of nitrogens with two attached hydrogens (primary N) is 1. The quantitative estimate of drug-likeness (QED) is 0.569. The Kier molecular flexibility index (Phi) is 3.07. The molecular formula is C11H15NO. The van der Waals surface area contributed by atoms with Crippen molar-refractivity contribution in [2.75, 3.05) is 5.73 Å². The molecule has 0 aliphatic carbocycles. The van der Waals surface area contributed by atoms with Crippen molar-refractivity contribution >= 4 is 11.5 Å². The molecule has 1 aromatic carbocycles. The maximum absolute atomic E-state index is 11.4. The maximum Gasteiger partial charge on any atom is 0.162 e. The van der Waals surface area contributed by atoms with Crippen LogP contribution in [0.3, 0.4) is 0 Å². The number of nitrogen functional groups attached to an aromatic ring is 1. The van der Waals surface area contributed by atoms with Gasteiger partial charge in [0.1, 0.15) is 0 Å². The van der Waals surface area contributed by atoms with Gasteiger partial charge >= 0.3 is 0 Å². The predicted octanol–water partition coefficient (Wildman–Crippen LogP) is 2.42. The van der Waals surface area contributed by atoms with Crippen molar-refractivity contribution in [3.8, 4) is 0 Å². The molecule has 0 heterocycles. The van der Waals surface area contributed by atoms with Crippen LogP contribution in [0.1, 0.15) is 36.2 Å². The summed E-state index contributed by atoms with van der Waals surface area (Å²) in [5, 5.41) is 0. The summed E-state index contributed by atoms with van der Waals surface area (Å²) >= 11 is 0. The van der Waals surface area contributed by atoms with Crippen LogP contribution < -0.4 is 5.73 Å². The van der Waals surface area contributed by atoms with E-state index < -0.39 is 0 Å². The Morgan fingerprint density at radius 2 is 2.08 bits per heavy atom. The molecule has 2 N–H and O–H groups in total. The zero-order valence-corrected chi connectivity index (χ0v) is 8.13. The number of hydrogen-bond acceptors (Lipinski definition) is 2. The first-order chi connectivity index (χ1) is 6.19. The highest BCUT2D eigenvalue weighted by Gasteiger charge is 2.04. The average molecular weight is 177 g/mol. The molecule has 0 unspecified atom stereocenters. The predicted molar refractivity (Wildman–Crippen MR) is 54.9 cm³/mol. The van der Waals surface area contributed by atoms with Gasteiger partial charge in [-0.1, -0.05) is 13.8 Å². The van der Waals surface area contributed by atoms with E-state index >= 15 is 0 Å². The molecule has 0 bridgehead atoms. The van der Waals surface area contributed by atoms with Gasteiger partial charge in [0.15, 0.2) is 5.78 Å². The molecule has 0 saturated carbocycles. The van der Waals surface area contributed by atoms with Crippen LogP contribution in [0.25, 0.3) is 0 Å². The molecule has 0 amide bonds. The van der Waals surface area contributed by atoms with E-state index in [2.05, 4.69) is 0 Å². The second-order valence-corrected chi connectivity index (χ2v) is 3.04. The van der Waals surface area contributed by atoms with Crippen molar-refractivity contribution in [3.05, 3.63) is 29.3 Å². The third-order valence-corrected chi connectivity index (χ3v) is 2.17. The van der Waals surface area contributed by atoms with E-state index in [0.29, 0.717) is 6.42 Å². The van der Waals surface area contributed by atoms with Crippen LogP contribution in [0.2, 0.25) is 0 Å². The molecule has 0 spiro atoms. The zero-order valence-electron chi connectivity index (χ0n) is 8.13. The molecule has 0 fully saturated rings. The molecule has 70 valence electrons. The molecule has 1 aromatic rings. The lowest BCUT2D eigenvalue weighted by Gasteiger charge is -2.04. The van der Waals surface area contributed by atoms with Crippen molar-refractivity contribution in [1.82, 2.24) is 0 Å². The highest BCUT2D eigenvalue weighted by atomic mass is 16.1. The lowest BCUT2D eigenvalue weighted by Crippen LogP contribution is -2.00. The molecule has 0 saturated heterocycles. The Balaban J connectivity index is 3.06. The maximum atomic E-state index is 11.4. The Morgan fingerprint density at radius 3 is 2.62 bits per heavy atom. The van der Waals surface area contributed by atoms with Gasteiger partial charge in [0.05, 0.1) is 0 Å². The number of anilines is 1. The van der Waals surface area contributed by atoms with Crippen LogP contribution >= 0.6 is 0 Å². The van der Waals surface area contributed by atoms with Crippen LogP contribution in [0.5, 0.6) is 0 Å². The number of rotatable bonds is 3. The van der Waals surface area contributed by atoms with Gasteiger partial charge in [0.2, 0.25) is 0 Å². The standard InChI is InChI=1S/C11H15NO/c1-3-8-7-9(11(13)4-2)5-6-10(8)12/h5-7H,3-4,12H2,1-2H3. The summed E-state index contributed by atoms with van der Waals surface area (Å²) in [6, 6.07) is 5.49. The molecule has 0 atom stereocenters. The smallest absolute Gasteiger partial charge is 0.162 e. The van der Waals surface area contributed by atoms with Crippen LogP contribution in [0.4, 0.5) is 5.69 Å². The second kappa shape index (κ2) is 4.08. The van der Waals surface area contributed by atoms with Gasteiger partial charge < -0.3 is 5.73 Å². The molecule has 0 aliphatic rings. The second-order valence-electron chi connectivity index (χ2n) is 3.04. The molecule has 2 heteroatoms. The van der Waals surface area contributed by atoms with Gasteiger partial charge in [-0.2, -0.15) is 0 Å². The minimum Gasteiger partial charge on any atom is -0.399 e. The fourth-order valence-electron chi connectivity index (χ4n) is 1.29. The number of carbonyl (C=O) groups excluding carboxylic acids is 1. The van der Waals surface area contributed by atoms with Crippen molar-refractivity contribution in [2.24, 2.45) is 0 Å². The first-order valence-electron chi connectivity index (χ1n) is 4.60. The summed E-state index contributed by atoms with van der Waals surface area (Å²) in [6.07, 6.45) is 1.42. The van der Waals surface area contributed by atoms with E-state index in [4.69, 9.17) is 5.73 Å². The zero-order chi connectivity index (χ0) is 9.84. The van der Waals surface area contributed by atoms with Gasteiger partial charge in [-0.05, 0) is 30.2 Å². The van der Waals surface area contributed by atoms with Crippen LogP contribution in [0.15, 0.2) is 18.2 Å². The summed E-state index contributed by atoms with van der Waals surface area (Å²) in [5.41, 5.74) is 8.33. The highest BCUT2D eigenvalue weighted by molar-refractivity contribution is 5.96. The third-order valence-electron chi connectivity index (χ3n) is 2.17. The number of benzene rings is 1. The van der Waals surface area contributed by atoms with E-state index in [1.807, 2.05) is 26.0 Å². The molecule has 13 heavy (non-hydrogen) atoms. The number of hydrogen-bond donors (Lipinski definition) is 1. The van der Waals surface area contributed by atoms with Crippen molar-refractivity contribution < 1.29 is 4.79 Å². The number of ketones is 1. The molecular weight excluding hydrogens is 162 g/mol. The van der Waals surface area contributed by atoms with E-state index in [0.717, 1.165) is 23.2 Å². The Morgan fingerprint density at radius 1 is 1.38 bits per heavy atom. The lowest BCUT2D eigenvalue weighted by atomic mass is 10.0. The first kappa shape index (κ1) is 9.78. The number of carbonyl (C=O) groups is 1. The molecule has 1 rings (SSSR count). The minimum atomic E-state index is 0.176. The van der Waals surface area contributed by atoms with E-state index in [-0.39, 0.29) is 5.78 Å². The molecule has 2 nitrogen and oxygen atoms in total. The third kappa shape index (κ3) is 2.08. The highest BCUT2D eigenvalue weighted by Crippen LogP contribution is 2.15. The Hall–Kier alpha value is -1.31. The normalized spacial score (nSPS) is 10.0. The van der Waals surface area contributed by atoms with Gasteiger partial charge in [-0.3, -0.25) is 4.79 Å². The largest absolute Gasteiger partial charge is 0.399 e. The fraction of sp³-hybridized carbons (Fsp3) is 0.364. The minimum absolute atomic E-state index is 0.176. The summed E-state index contributed by atoms with van der Waals surface area (Å²) in [7, 11) is 0. The number of aryl methyl sites for hydroxylation is 1. The van der Waals surface area contributed by atoms with Gasteiger partial charge in [0, 0.05) is 17.7 Å². The van der Waals surface area contributed by atoms with Crippen LogP contribution in [-0.4, -0.2) is 5.78 Å². The molecule has 0 aromatic heterocycles. The Bertz CT molecular complexity index is 318. The van der Waals surface area contributed by atoms with Crippen LogP contribution in [0, 0.1) is 0 Å². The summed E-state index contributed by atoms with van der Waals surface area (Å²) in [6.45, 7) is 3.90. The van der Waals surface area contributed by atoms with Gasteiger partial charge in [-0.15, -0.1) is 0 Å². The van der Waals surface area contributed by atoms with Crippen LogP contribution in [-0.2, 0) is 6.42 Å². The fourth-order valence-corrected chi connectivity index (χ4v) is 1.29. The van der Waals surface area contributed by atoms with Crippen molar-refractivity contribution in [2.45, 2.75) is 26.7 Å². The summed E-state index contributed by atoms with van der Waals surface area (Å²) in [5.74, 6) is 0.176. The van der Waals surface area contributed by atoms with Gasteiger partial charge in [-0.25, -0.2) is 0 Å². The monoisotopic (exact) mass is 177 g/mol. The van der Waals surface area contributed by atoms with E-state index in [1.54, 1.807) is 6.07 Å². The summed E-state index contributed by atoms with van der Waals surface area (Å²) in [4.78, 5) is 11.4. The topological polar surface area (TPSA) is 43.1 Å². The molecule has 0 radical (unpaired) electrons. The van der Waals surface area contributed by atoms with E-state index in [9.17, 15) is 4.79 Å². The average Bonchev–Trinajstić information content (AvgIpc) is 2.17. The number of Topliss-reactive ketones (excluding diaryl/α,β-unsaturated/α-hetero) is 1. The van der Waals surface area contributed by atoms with E-state index in [1.165, 1.54) is 0 Å².